The molecule has 0 radical (unpaired) electrons. The second-order valence-electron chi connectivity index (χ2n) is 4.75. The van der Waals surface area contributed by atoms with Crippen molar-refractivity contribution in [3.63, 3.8) is 0 Å². The molecule has 3 heterocycles. The van der Waals surface area contributed by atoms with Gasteiger partial charge in [-0.2, -0.15) is 0 Å². The molecule has 0 unspecified atom stereocenters. The summed E-state index contributed by atoms with van der Waals surface area (Å²) >= 11 is 3.67. The largest absolute Gasteiger partial charge is 0.378 e. The van der Waals surface area contributed by atoms with Crippen LogP contribution in [0.1, 0.15) is 11.3 Å². The van der Waals surface area contributed by atoms with Gasteiger partial charge in [-0.3, -0.25) is 0 Å². The Labute approximate surface area is 128 Å². The summed E-state index contributed by atoms with van der Waals surface area (Å²) in [5.74, 6) is 1.08. The van der Waals surface area contributed by atoms with E-state index < -0.39 is 0 Å². The normalized spacial score (nSPS) is 19.3. The zero-order valence-corrected chi connectivity index (χ0v) is 13.2. The van der Waals surface area contributed by atoms with Gasteiger partial charge in [0.15, 0.2) is 0 Å². The number of morpholine rings is 1. The maximum absolute atomic E-state index is 5.40. The van der Waals surface area contributed by atoms with Gasteiger partial charge in [-0.05, 0) is 40.5 Å². The van der Waals surface area contributed by atoms with E-state index in [9.17, 15) is 0 Å². The van der Waals surface area contributed by atoms with Crippen molar-refractivity contribution in [1.82, 2.24) is 10.3 Å². The highest BCUT2D eigenvalue weighted by Crippen LogP contribution is 2.28. The Morgan fingerprint density at radius 3 is 2.74 bits per heavy atom. The smallest absolute Gasteiger partial charge is 0.143 e. The van der Waals surface area contributed by atoms with Crippen molar-refractivity contribution in [2.75, 3.05) is 44.3 Å². The number of hydrogen-bond acceptors (Lipinski definition) is 4. The number of aromatic nitrogens is 1. The van der Waals surface area contributed by atoms with Crippen molar-refractivity contribution in [3.05, 3.63) is 21.8 Å². The van der Waals surface area contributed by atoms with Gasteiger partial charge < -0.3 is 15.0 Å². The molecule has 0 bridgehead atoms. The third-order valence-corrected chi connectivity index (χ3v) is 4.13. The van der Waals surface area contributed by atoms with E-state index in [1.807, 2.05) is 0 Å². The minimum atomic E-state index is 0. The zero-order valence-electron chi connectivity index (χ0n) is 10.8. The monoisotopic (exact) mass is 347 g/mol. The Bertz CT molecular complexity index is 438. The third kappa shape index (κ3) is 3.40. The summed E-state index contributed by atoms with van der Waals surface area (Å²) < 4.78 is 6.51. The van der Waals surface area contributed by atoms with Crippen LogP contribution in [0, 0.1) is 0 Å². The summed E-state index contributed by atoms with van der Waals surface area (Å²) in [6.45, 7) is 5.55. The molecule has 0 aliphatic carbocycles. The van der Waals surface area contributed by atoms with Crippen molar-refractivity contribution in [1.29, 1.82) is 0 Å². The number of rotatable bonds is 1. The number of pyridine rings is 1. The SMILES string of the molecule is Brc1cc2c(nc1N1CCOCC1)CCNCC2.Cl. The molecule has 0 saturated carbocycles. The molecule has 1 aromatic rings. The summed E-state index contributed by atoms with van der Waals surface area (Å²) in [5, 5.41) is 3.42. The van der Waals surface area contributed by atoms with Crippen LogP contribution in [0.2, 0.25) is 0 Å². The van der Waals surface area contributed by atoms with Crippen molar-refractivity contribution < 1.29 is 4.74 Å². The molecular weight excluding hydrogens is 330 g/mol. The fraction of sp³-hybridized carbons (Fsp3) is 0.615. The maximum Gasteiger partial charge on any atom is 0.143 e. The summed E-state index contributed by atoms with van der Waals surface area (Å²) in [5.41, 5.74) is 2.63. The van der Waals surface area contributed by atoms with Crippen LogP contribution in [0.5, 0.6) is 0 Å². The van der Waals surface area contributed by atoms with Gasteiger partial charge in [0.05, 0.1) is 17.7 Å². The zero-order chi connectivity index (χ0) is 12.4. The highest BCUT2D eigenvalue weighted by molar-refractivity contribution is 9.10. The molecule has 2 aliphatic rings. The first-order chi connectivity index (χ1) is 8.84. The number of fused-ring (bicyclic) bond motifs is 1. The Morgan fingerprint density at radius 2 is 1.95 bits per heavy atom. The Morgan fingerprint density at radius 1 is 1.21 bits per heavy atom. The van der Waals surface area contributed by atoms with Gasteiger partial charge in [-0.25, -0.2) is 4.98 Å². The lowest BCUT2D eigenvalue weighted by atomic mass is 10.1. The lowest BCUT2D eigenvalue weighted by Gasteiger charge is -2.29. The van der Waals surface area contributed by atoms with Crippen LogP contribution in [-0.2, 0) is 17.6 Å². The number of halogens is 2. The molecule has 0 aromatic carbocycles. The molecule has 0 spiro atoms. The lowest BCUT2D eigenvalue weighted by molar-refractivity contribution is 0.122. The van der Waals surface area contributed by atoms with Gasteiger partial charge in [0.25, 0.3) is 0 Å². The Kier molecular flexibility index (Phi) is 5.45. The van der Waals surface area contributed by atoms with Crippen LogP contribution in [0.15, 0.2) is 10.5 Å². The molecule has 106 valence electrons. The van der Waals surface area contributed by atoms with Gasteiger partial charge in [0.1, 0.15) is 5.82 Å². The van der Waals surface area contributed by atoms with Crippen LogP contribution in [0.3, 0.4) is 0 Å². The van der Waals surface area contributed by atoms with E-state index in [0.29, 0.717) is 0 Å². The van der Waals surface area contributed by atoms with E-state index in [0.717, 1.165) is 62.5 Å². The average molecular weight is 349 g/mol. The highest BCUT2D eigenvalue weighted by Gasteiger charge is 2.18. The molecule has 4 nitrogen and oxygen atoms in total. The van der Waals surface area contributed by atoms with Crippen molar-refractivity contribution in [2.45, 2.75) is 12.8 Å². The topological polar surface area (TPSA) is 37.4 Å². The molecule has 0 amide bonds. The molecule has 6 heteroatoms. The van der Waals surface area contributed by atoms with Gasteiger partial charge >= 0.3 is 0 Å². The summed E-state index contributed by atoms with van der Waals surface area (Å²) in [7, 11) is 0. The Balaban J connectivity index is 0.00000133. The number of nitrogens with zero attached hydrogens (tertiary/aromatic N) is 2. The first kappa shape index (κ1) is 15.0. The van der Waals surface area contributed by atoms with Crippen LogP contribution in [-0.4, -0.2) is 44.4 Å². The van der Waals surface area contributed by atoms with Gasteiger partial charge in [-0.15, -0.1) is 12.4 Å². The van der Waals surface area contributed by atoms with E-state index >= 15 is 0 Å². The van der Waals surface area contributed by atoms with E-state index in [2.05, 4.69) is 32.2 Å². The summed E-state index contributed by atoms with van der Waals surface area (Å²) in [4.78, 5) is 7.19. The molecule has 1 saturated heterocycles. The van der Waals surface area contributed by atoms with Crippen molar-refractivity contribution in [2.24, 2.45) is 0 Å². The van der Waals surface area contributed by atoms with E-state index in [1.54, 1.807) is 0 Å². The van der Waals surface area contributed by atoms with Gasteiger partial charge in [-0.1, -0.05) is 0 Å². The molecular formula is C13H19BrClN3O. The van der Waals surface area contributed by atoms with E-state index in [1.165, 1.54) is 11.3 Å². The summed E-state index contributed by atoms with van der Waals surface area (Å²) in [6, 6.07) is 2.25. The number of hydrogen-bond donors (Lipinski definition) is 1. The van der Waals surface area contributed by atoms with Gasteiger partial charge in [0.2, 0.25) is 0 Å². The molecule has 0 atom stereocenters. The average Bonchev–Trinajstić information content (AvgIpc) is 2.63. The molecule has 1 aromatic heterocycles. The van der Waals surface area contributed by atoms with Crippen LogP contribution >= 0.6 is 28.3 Å². The second-order valence-corrected chi connectivity index (χ2v) is 5.60. The number of nitrogens with one attached hydrogen (secondary N) is 1. The van der Waals surface area contributed by atoms with Crippen LogP contribution in [0.4, 0.5) is 5.82 Å². The van der Waals surface area contributed by atoms with E-state index in [4.69, 9.17) is 9.72 Å². The summed E-state index contributed by atoms with van der Waals surface area (Å²) in [6.07, 6.45) is 2.10. The lowest BCUT2D eigenvalue weighted by Crippen LogP contribution is -2.37. The first-order valence-corrected chi connectivity index (χ1v) is 7.35. The van der Waals surface area contributed by atoms with Crippen molar-refractivity contribution >= 4 is 34.2 Å². The van der Waals surface area contributed by atoms with E-state index in [-0.39, 0.29) is 12.4 Å². The molecule has 2 aliphatic heterocycles. The molecule has 3 rings (SSSR count). The van der Waals surface area contributed by atoms with Crippen LogP contribution in [0.25, 0.3) is 0 Å². The minimum absolute atomic E-state index is 0. The number of anilines is 1. The predicted molar refractivity (Wildman–Crippen MR) is 82.5 cm³/mol. The fourth-order valence-corrected chi connectivity index (χ4v) is 3.15. The second kappa shape index (κ2) is 6.88. The first-order valence-electron chi connectivity index (χ1n) is 6.56. The number of ether oxygens (including phenoxy) is 1. The standard InChI is InChI=1S/C13H18BrN3O.ClH/c14-11-9-10-1-3-15-4-2-12(10)16-13(11)17-5-7-18-8-6-17;/h9,15H,1-8H2;1H. The Hall–Kier alpha value is -0.360. The third-order valence-electron chi connectivity index (χ3n) is 3.55. The van der Waals surface area contributed by atoms with Crippen LogP contribution < -0.4 is 10.2 Å². The molecule has 1 N–H and O–H groups in total. The fourth-order valence-electron chi connectivity index (χ4n) is 2.54. The maximum atomic E-state index is 5.40. The quantitative estimate of drug-likeness (QED) is 0.840. The van der Waals surface area contributed by atoms with Crippen molar-refractivity contribution in [3.8, 4) is 0 Å². The molecule has 19 heavy (non-hydrogen) atoms. The highest BCUT2D eigenvalue weighted by atomic mass is 79.9. The molecule has 1 fully saturated rings. The van der Waals surface area contributed by atoms with Gasteiger partial charge in [0, 0.05) is 31.7 Å². The minimum Gasteiger partial charge on any atom is -0.378 e. The predicted octanol–water partition coefficient (Wildman–Crippen LogP) is 1.79.